The van der Waals surface area contributed by atoms with Gasteiger partial charge in [0.15, 0.2) is 6.61 Å². The average Bonchev–Trinajstić information content (AvgIpc) is 2.57. The van der Waals surface area contributed by atoms with Gasteiger partial charge >= 0.3 is 6.18 Å². The van der Waals surface area contributed by atoms with Crippen LogP contribution in [-0.2, 0) is 6.54 Å². The Kier molecular flexibility index (Phi) is 8.30. The fraction of sp³-hybridized carbons (Fsp3) is 0.444. The van der Waals surface area contributed by atoms with Crippen LogP contribution in [0.5, 0.6) is 5.88 Å². The van der Waals surface area contributed by atoms with E-state index in [1.807, 2.05) is 20.8 Å². The second-order valence-electron chi connectivity index (χ2n) is 6.99. The molecule has 7 nitrogen and oxygen atoms in total. The molecule has 0 radical (unpaired) electrons. The van der Waals surface area contributed by atoms with Gasteiger partial charge in [0, 0.05) is 36.7 Å². The van der Waals surface area contributed by atoms with Gasteiger partial charge in [-0.15, -0.1) is 0 Å². The van der Waals surface area contributed by atoms with Gasteiger partial charge < -0.3 is 15.8 Å². The Labute approximate surface area is 161 Å². The molecule has 0 aliphatic carbocycles. The van der Waals surface area contributed by atoms with Gasteiger partial charge in [0.1, 0.15) is 5.69 Å². The first-order valence-electron chi connectivity index (χ1n) is 8.33. The van der Waals surface area contributed by atoms with Crippen LogP contribution >= 0.6 is 0 Å². The van der Waals surface area contributed by atoms with E-state index in [0.29, 0.717) is 11.1 Å². The first kappa shape index (κ1) is 23.3. The maximum atomic E-state index is 12.1. The number of nitrogens with zero attached hydrogens (tertiary/aromatic N) is 3. The minimum atomic E-state index is -4.42. The monoisotopic (exact) mass is 399 g/mol. The van der Waals surface area contributed by atoms with E-state index in [-0.39, 0.29) is 23.7 Å². The zero-order valence-corrected chi connectivity index (χ0v) is 16.2. The van der Waals surface area contributed by atoms with Crippen LogP contribution in [0, 0.1) is 6.92 Å². The molecule has 0 aliphatic rings. The summed E-state index contributed by atoms with van der Waals surface area (Å²) in [6, 6.07) is 1.38. The van der Waals surface area contributed by atoms with Crippen molar-refractivity contribution in [1.82, 2.24) is 20.3 Å². The molecule has 0 aromatic carbocycles. The minimum absolute atomic E-state index is 0. The average molecular weight is 399 g/mol. The molecule has 0 unspecified atom stereocenters. The van der Waals surface area contributed by atoms with E-state index in [4.69, 9.17) is 5.73 Å². The van der Waals surface area contributed by atoms with E-state index in [2.05, 4.69) is 25.0 Å². The van der Waals surface area contributed by atoms with Crippen LogP contribution in [0.3, 0.4) is 0 Å². The standard InChI is InChI=1S/C14H13F3N4O2.C4H11N/c1-9-4-12(23-8-14(15,16)17)20-5-10(9)6-21-13(22)11-7-18-2-3-19-11;1-4(2,3)5/h2-5,7H,6,8H2,1H3,(H,21,22);5H2,1-3H3. The summed E-state index contributed by atoms with van der Waals surface area (Å²) >= 11 is 0. The van der Waals surface area contributed by atoms with Crippen LogP contribution in [0.25, 0.3) is 0 Å². The van der Waals surface area contributed by atoms with Gasteiger partial charge in [-0.05, 0) is 38.8 Å². The normalized spacial score (nSPS) is 11.3. The molecule has 0 saturated carbocycles. The fourth-order valence-corrected chi connectivity index (χ4v) is 1.66. The summed E-state index contributed by atoms with van der Waals surface area (Å²) in [5.74, 6) is -0.529. The van der Waals surface area contributed by atoms with Crippen LogP contribution in [0.1, 0.15) is 42.4 Å². The minimum Gasteiger partial charge on any atom is -0.468 e. The van der Waals surface area contributed by atoms with E-state index in [0.717, 1.165) is 0 Å². The molecule has 0 fully saturated rings. The number of hydrogen-bond acceptors (Lipinski definition) is 6. The summed E-state index contributed by atoms with van der Waals surface area (Å²) in [4.78, 5) is 23.3. The zero-order valence-electron chi connectivity index (χ0n) is 16.2. The number of halogens is 3. The van der Waals surface area contributed by atoms with Gasteiger partial charge in [-0.2, -0.15) is 13.2 Å². The van der Waals surface area contributed by atoms with Gasteiger partial charge in [-0.25, -0.2) is 9.97 Å². The fourth-order valence-electron chi connectivity index (χ4n) is 1.66. The van der Waals surface area contributed by atoms with E-state index in [1.165, 1.54) is 30.9 Å². The summed E-state index contributed by atoms with van der Waals surface area (Å²) < 4.78 is 40.8. The maximum Gasteiger partial charge on any atom is 0.422 e. The first-order chi connectivity index (χ1) is 12.8. The lowest BCUT2D eigenvalue weighted by Crippen LogP contribution is -2.26. The molecule has 3 N–H and O–H groups in total. The quantitative estimate of drug-likeness (QED) is 0.801. The highest BCUT2D eigenvalue weighted by atomic mass is 19.4. The number of rotatable bonds is 5. The number of aryl methyl sites for hydroxylation is 1. The van der Waals surface area contributed by atoms with Crippen LogP contribution in [0.2, 0.25) is 0 Å². The lowest BCUT2D eigenvalue weighted by molar-refractivity contribution is -0.154. The number of nitrogens with one attached hydrogen (secondary N) is 1. The van der Waals surface area contributed by atoms with Gasteiger partial charge in [0.2, 0.25) is 5.88 Å². The van der Waals surface area contributed by atoms with Crippen molar-refractivity contribution in [2.45, 2.75) is 46.0 Å². The number of hydrogen-bond donors (Lipinski definition) is 2. The van der Waals surface area contributed by atoms with Crippen LogP contribution in [-0.4, -0.2) is 39.2 Å². The highest BCUT2D eigenvalue weighted by molar-refractivity contribution is 5.91. The van der Waals surface area contributed by atoms with Gasteiger partial charge in [0.05, 0.1) is 6.20 Å². The Bertz CT molecular complexity index is 756. The Balaban J connectivity index is 0.000000696. The summed E-state index contributed by atoms with van der Waals surface area (Å²) in [6.07, 6.45) is 1.12. The highest BCUT2D eigenvalue weighted by Gasteiger charge is 2.28. The number of pyridine rings is 1. The van der Waals surface area contributed by atoms with E-state index < -0.39 is 18.7 Å². The van der Waals surface area contributed by atoms with Gasteiger partial charge in [-0.1, -0.05) is 0 Å². The van der Waals surface area contributed by atoms with Crippen molar-refractivity contribution < 1.29 is 22.7 Å². The van der Waals surface area contributed by atoms with Crippen molar-refractivity contribution in [1.29, 1.82) is 0 Å². The number of carbonyl (C=O) groups is 1. The number of alkyl halides is 3. The Morgan fingerprint density at radius 1 is 1.18 bits per heavy atom. The molecule has 2 heterocycles. The molecule has 0 saturated heterocycles. The Hall–Kier alpha value is -2.75. The second kappa shape index (κ2) is 9.98. The smallest absolute Gasteiger partial charge is 0.422 e. The zero-order chi connectivity index (χ0) is 21.4. The number of aromatic nitrogens is 3. The number of carbonyl (C=O) groups excluding carboxylic acids is 1. The predicted octanol–water partition coefficient (Wildman–Crippen LogP) is 2.79. The Morgan fingerprint density at radius 3 is 2.32 bits per heavy atom. The molecule has 28 heavy (non-hydrogen) atoms. The van der Waals surface area contributed by atoms with E-state index >= 15 is 0 Å². The third-order valence-corrected chi connectivity index (χ3v) is 2.81. The largest absolute Gasteiger partial charge is 0.468 e. The summed E-state index contributed by atoms with van der Waals surface area (Å²) in [7, 11) is 0. The first-order valence-corrected chi connectivity index (χ1v) is 8.33. The lowest BCUT2D eigenvalue weighted by atomic mass is 10.1. The lowest BCUT2D eigenvalue weighted by Gasteiger charge is -2.11. The SMILES string of the molecule is CC(C)(C)N.Cc1cc(OCC(F)(F)F)ncc1CNC(=O)c1cnccn1. The summed E-state index contributed by atoms with van der Waals surface area (Å²) in [6.45, 7) is 6.34. The molecule has 1 amide bonds. The van der Waals surface area contributed by atoms with Crippen LogP contribution < -0.4 is 15.8 Å². The van der Waals surface area contributed by atoms with Crippen molar-refractivity contribution in [2.75, 3.05) is 6.61 Å². The second-order valence-corrected chi connectivity index (χ2v) is 6.99. The Morgan fingerprint density at radius 2 is 1.82 bits per heavy atom. The molecule has 2 aromatic rings. The molecule has 0 atom stereocenters. The molecule has 154 valence electrons. The predicted molar refractivity (Wildman–Crippen MR) is 97.7 cm³/mol. The summed E-state index contributed by atoms with van der Waals surface area (Å²) in [5.41, 5.74) is 6.83. The number of amides is 1. The number of nitrogens with two attached hydrogens (primary N) is 1. The van der Waals surface area contributed by atoms with Crippen molar-refractivity contribution in [3.63, 3.8) is 0 Å². The molecule has 2 aromatic heterocycles. The third kappa shape index (κ3) is 10.4. The van der Waals surface area contributed by atoms with Crippen molar-refractivity contribution in [3.8, 4) is 5.88 Å². The van der Waals surface area contributed by atoms with Gasteiger partial charge in [-0.3, -0.25) is 9.78 Å². The van der Waals surface area contributed by atoms with Crippen molar-refractivity contribution >= 4 is 5.91 Å². The molecular formula is C18H24F3N5O2. The third-order valence-electron chi connectivity index (χ3n) is 2.81. The number of ether oxygens (including phenoxy) is 1. The molecule has 0 spiro atoms. The van der Waals surface area contributed by atoms with E-state index in [9.17, 15) is 18.0 Å². The van der Waals surface area contributed by atoms with Gasteiger partial charge in [0.25, 0.3) is 5.91 Å². The van der Waals surface area contributed by atoms with Crippen LogP contribution in [0.15, 0.2) is 30.9 Å². The van der Waals surface area contributed by atoms with E-state index in [1.54, 1.807) is 6.92 Å². The van der Waals surface area contributed by atoms with Crippen LogP contribution in [0.4, 0.5) is 13.2 Å². The van der Waals surface area contributed by atoms with Crippen molar-refractivity contribution in [3.05, 3.63) is 47.7 Å². The maximum absolute atomic E-state index is 12.1. The molecule has 2 rings (SSSR count). The topological polar surface area (TPSA) is 103 Å². The molecule has 10 heteroatoms. The molecular weight excluding hydrogens is 375 g/mol. The molecule has 0 bridgehead atoms. The van der Waals surface area contributed by atoms with Crippen molar-refractivity contribution in [2.24, 2.45) is 5.73 Å². The summed E-state index contributed by atoms with van der Waals surface area (Å²) in [5, 5.41) is 2.63. The molecule has 0 aliphatic heterocycles. The highest BCUT2D eigenvalue weighted by Crippen LogP contribution is 2.19.